The summed E-state index contributed by atoms with van der Waals surface area (Å²) in [7, 11) is 0. The highest BCUT2D eigenvalue weighted by Gasteiger charge is 2.11. The molecule has 3 heterocycles. The van der Waals surface area contributed by atoms with Gasteiger partial charge in [0.1, 0.15) is 5.65 Å². The summed E-state index contributed by atoms with van der Waals surface area (Å²) in [6.45, 7) is 0.788. The van der Waals surface area contributed by atoms with Crippen LogP contribution < -0.4 is 4.90 Å². The van der Waals surface area contributed by atoms with Gasteiger partial charge in [-0.25, -0.2) is 4.98 Å². The van der Waals surface area contributed by atoms with Gasteiger partial charge in [0, 0.05) is 40.9 Å². The lowest BCUT2D eigenvalue weighted by atomic mass is 10.3. The van der Waals surface area contributed by atoms with Gasteiger partial charge in [-0.2, -0.15) is 0 Å². The Hall–Kier alpha value is -1.62. The molecule has 1 aliphatic heterocycles. The van der Waals surface area contributed by atoms with Crippen molar-refractivity contribution in [2.24, 2.45) is 4.99 Å². The van der Waals surface area contributed by atoms with Crippen molar-refractivity contribution in [3.8, 4) is 0 Å². The summed E-state index contributed by atoms with van der Waals surface area (Å²) in [5.41, 5.74) is 2.01. The SMILES string of the molecule is Brc1cnc2[nH]cc(N3C=CN=CC3)c2c1. The summed E-state index contributed by atoms with van der Waals surface area (Å²) in [5.74, 6) is 0. The first-order valence-corrected chi connectivity index (χ1v) is 5.71. The van der Waals surface area contributed by atoms with Crippen LogP contribution in [-0.4, -0.2) is 22.7 Å². The lowest BCUT2D eigenvalue weighted by Crippen LogP contribution is -2.19. The average Bonchev–Trinajstić information content (AvgIpc) is 2.73. The fraction of sp³-hybridized carbons (Fsp3) is 0.0909. The predicted molar refractivity (Wildman–Crippen MR) is 68.8 cm³/mol. The molecule has 0 spiro atoms. The first-order chi connectivity index (χ1) is 7.84. The number of halogens is 1. The normalized spacial score (nSPS) is 14.9. The predicted octanol–water partition coefficient (Wildman–Crippen LogP) is 2.69. The van der Waals surface area contributed by atoms with E-state index in [2.05, 4.69) is 41.9 Å². The van der Waals surface area contributed by atoms with Gasteiger partial charge in [-0.15, -0.1) is 0 Å². The van der Waals surface area contributed by atoms with Crippen LogP contribution in [0.2, 0.25) is 0 Å². The molecule has 0 amide bonds. The highest BCUT2D eigenvalue weighted by Crippen LogP contribution is 2.28. The number of nitrogens with one attached hydrogen (secondary N) is 1. The first-order valence-electron chi connectivity index (χ1n) is 4.92. The quantitative estimate of drug-likeness (QED) is 0.871. The summed E-state index contributed by atoms with van der Waals surface area (Å²) in [6.07, 6.45) is 9.38. The molecular formula is C11H9BrN4. The Morgan fingerprint density at radius 3 is 3.19 bits per heavy atom. The minimum absolute atomic E-state index is 0.788. The Kier molecular flexibility index (Phi) is 2.25. The fourth-order valence-electron chi connectivity index (χ4n) is 1.76. The molecule has 5 heteroatoms. The van der Waals surface area contributed by atoms with E-state index in [4.69, 9.17) is 0 Å². The number of aromatic nitrogens is 2. The molecule has 80 valence electrons. The highest BCUT2D eigenvalue weighted by atomic mass is 79.9. The third-order valence-electron chi connectivity index (χ3n) is 2.50. The molecule has 1 N–H and O–H groups in total. The lowest BCUT2D eigenvalue weighted by Gasteiger charge is -2.18. The number of rotatable bonds is 1. The molecule has 3 rings (SSSR count). The van der Waals surface area contributed by atoms with Gasteiger partial charge in [0.05, 0.1) is 12.2 Å². The van der Waals surface area contributed by atoms with Gasteiger partial charge in [-0.05, 0) is 22.0 Å². The Bertz CT molecular complexity index is 585. The fourth-order valence-corrected chi connectivity index (χ4v) is 2.09. The van der Waals surface area contributed by atoms with Gasteiger partial charge < -0.3 is 9.88 Å². The second-order valence-electron chi connectivity index (χ2n) is 3.51. The maximum Gasteiger partial charge on any atom is 0.139 e. The van der Waals surface area contributed by atoms with Crippen LogP contribution in [0.1, 0.15) is 0 Å². The van der Waals surface area contributed by atoms with Crippen molar-refractivity contribution in [2.45, 2.75) is 0 Å². The maximum absolute atomic E-state index is 4.31. The zero-order chi connectivity index (χ0) is 11.0. The second kappa shape index (κ2) is 3.75. The van der Waals surface area contributed by atoms with Crippen molar-refractivity contribution in [1.29, 1.82) is 0 Å². The maximum atomic E-state index is 4.31. The third-order valence-corrected chi connectivity index (χ3v) is 2.94. The number of hydrogen-bond donors (Lipinski definition) is 1. The molecular weight excluding hydrogens is 268 g/mol. The van der Waals surface area contributed by atoms with Gasteiger partial charge in [0.2, 0.25) is 0 Å². The summed E-state index contributed by atoms with van der Waals surface area (Å²) in [4.78, 5) is 13.6. The minimum atomic E-state index is 0.788. The highest BCUT2D eigenvalue weighted by molar-refractivity contribution is 9.10. The molecule has 0 aliphatic carbocycles. The molecule has 2 aromatic heterocycles. The van der Waals surface area contributed by atoms with E-state index in [0.29, 0.717) is 0 Å². The molecule has 0 radical (unpaired) electrons. The van der Waals surface area contributed by atoms with Crippen LogP contribution >= 0.6 is 15.9 Å². The summed E-state index contributed by atoms with van der Waals surface area (Å²) in [6, 6.07) is 2.06. The Morgan fingerprint density at radius 1 is 1.44 bits per heavy atom. The number of anilines is 1. The molecule has 0 fully saturated rings. The van der Waals surface area contributed by atoms with Crippen molar-refractivity contribution < 1.29 is 0 Å². The summed E-state index contributed by atoms with van der Waals surface area (Å²) < 4.78 is 0.982. The van der Waals surface area contributed by atoms with Crippen molar-refractivity contribution in [3.05, 3.63) is 35.3 Å². The summed E-state index contributed by atoms with van der Waals surface area (Å²) >= 11 is 3.44. The molecule has 4 nitrogen and oxygen atoms in total. The largest absolute Gasteiger partial charge is 0.344 e. The molecule has 1 aliphatic rings. The molecule has 16 heavy (non-hydrogen) atoms. The molecule has 0 saturated heterocycles. The number of aromatic amines is 1. The smallest absolute Gasteiger partial charge is 0.139 e. The van der Waals surface area contributed by atoms with E-state index in [1.807, 2.05) is 18.6 Å². The molecule has 2 aromatic rings. The van der Waals surface area contributed by atoms with E-state index in [1.165, 1.54) is 0 Å². The first kappa shape index (κ1) is 9.59. The summed E-state index contributed by atoms with van der Waals surface area (Å²) in [5, 5.41) is 1.11. The van der Waals surface area contributed by atoms with E-state index < -0.39 is 0 Å². The van der Waals surface area contributed by atoms with Crippen LogP contribution in [0.25, 0.3) is 11.0 Å². The van der Waals surface area contributed by atoms with Crippen LogP contribution in [0.15, 0.2) is 40.3 Å². The van der Waals surface area contributed by atoms with Crippen molar-refractivity contribution in [2.75, 3.05) is 11.4 Å². The minimum Gasteiger partial charge on any atom is -0.344 e. The van der Waals surface area contributed by atoms with Crippen LogP contribution in [0, 0.1) is 0 Å². The van der Waals surface area contributed by atoms with Gasteiger partial charge in [0.15, 0.2) is 0 Å². The molecule has 0 saturated carbocycles. The van der Waals surface area contributed by atoms with Crippen LogP contribution in [0.4, 0.5) is 5.69 Å². The molecule has 0 atom stereocenters. The van der Waals surface area contributed by atoms with Crippen LogP contribution in [-0.2, 0) is 0 Å². The van der Waals surface area contributed by atoms with E-state index in [0.717, 1.165) is 27.7 Å². The van der Waals surface area contributed by atoms with Crippen molar-refractivity contribution in [3.63, 3.8) is 0 Å². The zero-order valence-electron chi connectivity index (χ0n) is 8.39. The Morgan fingerprint density at radius 2 is 2.38 bits per heavy atom. The number of nitrogens with zero attached hydrogens (tertiary/aromatic N) is 3. The second-order valence-corrected chi connectivity index (χ2v) is 4.42. The van der Waals surface area contributed by atoms with Crippen LogP contribution in [0.5, 0.6) is 0 Å². The van der Waals surface area contributed by atoms with E-state index in [-0.39, 0.29) is 0 Å². The monoisotopic (exact) mass is 276 g/mol. The van der Waals surface area contributed by atoms with Gasteiger partial charge in [-0.1, -0.05) is 0 Å². The van der Waals surface area contributed by atoms with Gasteiger partial charge >= 0.3 is 0 Å². The Balaban J connectivity index is 2.13. The van der Waals surface area contributed by atoms with Crippen molar-refractivity contribution in [1.82, 2.24) is 9.97 Å². The van der Waals surface area contributed by atoms with Crippen molar-refractivity contribution >= 4 is 38.9 Å². The Labute approximate surface area is 101 Å². The standard InChI is InChI=1S/C11H9BrN4/c12-8-5-9-10(7-15-11(9)14-6-8)16-3-1-13-2-4-16/h1-3,5-7H,4H2,(H,14,15). The number of aliphatic imine (C=N–C) groups is 1. The zero-order valence-corrected chi connectivity index (χ0v) is 9.98. The van der Waals surface area contributed by atoms with Crippen LogP contribution in [0.3, 0.4) is 0 Å². The lowest BCUT2D eigenvalue weighted by molar-refractivity contribution is 1.11. The third kappa shape index (κ3) is 1.53. The average molecular weight is 277 g/mol. The van der Waals surface area contributed by atoms with E-state index >= 15 is 0 Å². The molecule has 0 bridgehead atoms. The van der Waals surface area contributed by atoms with Gasteiger partial charge in [0.25, 0.3) is 0 Å². The number of H-pyrrole nitrogens is 1. The number of hydrogen-bond acceptors (Lipinski definition) is 3. The van der Waals surface area contributed by atoms with E-state index in [1.54, 1.807) is 12.4 Å². The molecule has 0 aromatic carbocycles. The topological polar surface area (TPSA) is 44.3 Å². The molecule has 0 unspecified atom stereocenters. The number of pyridine rings is 1. The van der Waals surface area contributed by atoms with Gasteiger partial charge in [-0.3, -0.25) is 4.99 Å². The number of fused-ring (bicyclic) bond motifs is 1. The van der Waals surface area contributed by atoms with E-state index in [9.17, 15) is 0 Å².